The van der Waals surface area contributed by atoms with E-state index in [1.54, 1.807) is 6.92 Å². The lowest BCUT2D eigenvalue weighted by atomic mass is 10.3. The van der Waals surface area contributed by atoms with Crippen LogP contribution in [0.3, 0.4) is 0 Å². The van der Waals surface area contributed by atoms with Crippen molar-refractivity contribution in [2.45, 2.75) is 26.7 Å². The number of anilines is 1. The second-order valence-corrected chi connectivity index (χ2v) is 4.75. The molecular formula is C13H20N4O2. The molecule has 0 spiro atoms. The molecule has 0 unspecified atom stereocenters. The molecule has 2 rings (SSSR count). The topological polar surface area (TPSA) is 69.3 Å². The second kappa shape index (κ2) is 5.86. The van der Waals surface area contributed by atoms with Crippen LogP contribution >= 0.6 is 0 Å². The SMILES string of the molecule is CCc1nc(N2CCCN(C(C)=O)CC2)cc(=O)[nH]1. The van der Waals surface area contributed by atoms with Gasteiger partial charge in [0.25, 0.3) is 5.56 Å². The zero-order valence-corrected chi connectivity index (χ0v) is 11.5. The molecule has 0 aliphatic carbocycles. The minimum absolute atomic E-state index is 0.106. The molecule has 6 heteroatoms. The predicted molar refractivity (Wildman–Crippen MR) is 73.3 cm³/mol. The van der Waals surface area contributed by atoms with Crippen molar-refractivity contribution in [3.8, 4) is 0 Å². The summed E-state index contributed by atoms with van der Waals surface area (Å²) in [6, 6.07) is 1.53. The minimum Gasteiger partial charge on any atom is -0.355 e. The Balaban J connectivity index is 2.16. The van der Waals surface area contributed by atoms with Crippen LogP contribution in [-0.4, -0.2) is 47.0 Å². The number of aryl methyl sites for hydroxylation is 1. The summed E-state index contributed by atoms with van der Waals surface area (Å²) < 4.78 is 0. The fraction of sp³-hybridized carbons (Fsp3) is 0.615. The monoisotopic (exact) mass is 264 g/mol. The molecule has 1 aliphatic rings. The number of aromatic amines is 1. The summed E-state index contributed by atoms with van der Waals surface area (Å²) in [4.78, 5) is 34.1. The molecule has 0 atom stereocenters. The van der Waals surface area contributed by atoms with Gasteiger partial charge in [-0.25, -0.2) is 4.98 Å². The molecule has 1 aromatic heterocycles. The molecule has 0 saturated carbocycles. The van der Waals surface area contributed by atoms with Gasteiger partial charge in [-0.15, -0.1) is 0 Å². The molecule has 104 valence electrons. The second-order valence-electron chi connectivity index (χ2n) is 4.75. The number of H-pyrrole nitrogens is 1. The average molecular weight is 264 g/mol. The number of nitrogens with one attached hydrogen (secondary N) is 1. The Kier molecular flexibility index (Phi) is 4.19. The Morgan fingerprint density at radius 3 is 2.84 bits per heavy atom. The zero-order valence-electron chi connectivity index (χ0n) is 11.5. The molecule has 2 heterocycles. The van der Waals surface area contributed by atoms with E-state index in [1.807, 2.05) is 11.8 Å². The normalized spacial score (nSPS) is 16.3. The fourth-order valence-electron chi connectivity index (χ4n) is 2.28. The zero-order chi connectivity index (χ0) is 13.8. The van der Waals surface area contributed by atoms with Crippen molar-refractivity contribution in [3.05, 3.63) is 22.2 Å². The maximum absolute atomic E-state index is 11.6. The number of carbonyl (C=O) groups excluding carboxylic acids is 1. The van der Waals surface area contributed by atoms with Crippen molar-refractivity contribution in [1.29, 1.82) is 0 Å². The highest BCUT2D eigenvalue weighted by Gasteiger charge is 2.18. The highest BCUT2D eigenvalue weighted by atomic mass is 16.2. The molecule has 1 N–H and O–H groups in total. The van der Waals surface area contributed by atoms with E-state index in [0.29, 0.717) is 24.6 Å². The quantitative estimate of drug-likeness (QED) is 0.839. The van der Waals surface area contributed by atoms with Crippen molar-refractivity contribution in [2.24, 2.45) is 0 Å². The summed E-state index contributed by atoms with van der Waals surface area (Å²) in [7, 11) is 0. The van der Waals surface area contributed by atoms with E-state index in [2.05, 4.69) is 14.9 Å². The van der Waals surface area contributed by atoms with E-state index >= 15 is 0 Å². The highest BCUT2D eigenvalue weighted by Crippen LogP contribution is 2.12. The van der Waals surface area contributed by atoms with Gasteiger partial charge in [-0.3, -0.25) is 9.59 Å². The standard InChI is InChI=1S/C13H20N4O2/c1-3-11-14-12(9-13(19)15-11)17-6-4-5-16(7-8-17)10(2)18/h9H,3-8H2,1-2H3,(H,14,15,19). The van der Waals surface area contributed by atoms with Crippen molar-refractivity contribution in [1.82, 2.24) is 14.9 Å². The molecule has 0 radical (unpaired) electrons. The fourth-order valence-corrected chi connectivity index (χ4v) is 2.28. The van der Waals surface area contributed by atoms with Gasteiger partial charge < -0.3 is 14.8 Å². The highest BCUT2D eigenvalue weighted by molar-refractivity contribution is 5.73. The number of hydrogen-bond donors (Lipinski definition) is 1. The van der Waals surface area contributed by atoms with Crippen LogP contribution in [0.1, 0.15) is 26.1 Å². The first kappa shape index (κ1) is 13.6. The minimum atomic E-state index is -0.116. The van der Waals surface area contributed by atoms with Crippen molar-refractivity contribution < 1.29 is 4.79 Å². The van der Waals surface area contributed by atoms with Gasteiger partial charge in [-0.2, -0.15) is 0 Å². The Morgan fingerprint density at radius 1 is 1.37 bits per heavy atom. The van der Waals surface area contributed by atoms with Crippen molar-refractivity contribution >= 4 is 11.7 Å². The first-order valence-electron chi connectivity index (χ1n) is 6.71. The van der Waals surface area contributed by atoms with Gasteiger partial charge in [0.05, 0.1) is 0 Å². The number of rotatable bonds is 2. The summed E-state index contributed by atoms with van der Waals surface area (Å²) >= 11 is 0. The molecule has 0 aromatic carbocycles. The van der Waals surface area contributed by atoms with Crippen LogP contribution in [-0.2, 0) is 11.2 Å². The first-order valence-corrected chi connectivity index (χ1v) is 6.71. The van der Waals surface area contributed by atoms with Crippen LogP contribution < -0.4 is 10.5 Å². The van der Waals surface area contributed by atoms with Gasteiger partial charge in [0.1, 0.15) is 11.6 Å². The summed E-state index contributed by atoms with van der Waals surface area (Å²) in [6.07, 6.45) is 1.60. The third-order valence-corrected chi connectivity index (χ3v) is 3.38. The third kappa shape index (κ3) is 3.33. The number of nitrogens with zero attached hydrogens (tertiary/aromatic N) is 3. The van der Waals surface area contributed by atoms with Crippen molar-refractivity contribution in [3.63, 3.8) is 0 Å². The molecule has 1 aliphatic heterocycles. The Labute approximate surface area is 112 Å². The number of carbonyl (C=O) groups is 1. The van der Waals surface area contributed by atoms with Gasteiger partial charge in [0, 0.05) is 45.6 Å². The van der Waals surface area contributed by atoms with E-state index in [4.69, 9.17) is 0 Å². The summed E-state index contributed by atoms with van der Waals surface area (Å²) in [6.45, 7) is 6.56. The van der Waals surface area contributed by atoms with E-state index in [0.717, 1.165) is 26.1 Å². The molecule has 1 aromatic rings. The molecule has 6 nitrogen and oxygen atoms in total. The maximum atomic E-state index is 11.6. The van der Waals surface area contributed by atoms with Gasteiger partial charge >= 0.3 is 0 Å². The Morgan fingerprint density at radius 2 is 2.16 bits per heavy atom. The van der Waals surface area contributed by atoms with Crippen molar-refractivity contribution in [2.75, 3.05) is 31.1 Å². The lowest BCUT2D eigenvalue weighted by Gasteiger charge is -2.22. The van der Waals surface area contributed by atoms with Crippen LogP contribution in [0.5, 0.6) is 0 Å². The lowest BCUT2D eigenvalue weighted by Crippen LogP contribution is -2.34. The first-order chi connectivity index (χ1) is 9.10. The number of amides is 1. The Bertz CT molecular complexity index is 512. The average Bonchev–Trinajstić information content (AvgIpc) is 2.63. The van der Waals surface area contributed by atoms with E-state index in [1.165, 1.54) is 6.07 Å². The van der Waals surface area contributed by atoms with Gasteiger partial charge in [0.15, 0.2) is 0 Å². The number of hydrogen-bond acceptors (Lipinski definition) is 4. The van der Waals surface area contributed by atoms with E-state index < -0.39 is 0 Å². The largest absolute Gasteiger partial charge is 0.355 e. The third-order valence-electron chi connectivity index (χ3n) is 3.38. The van der Waals surface area contributed by atoms with Gasteiger partial charge in [-0.1, -0.05) is 6.92 Å². The Hall–Kier alpha value is -1.85. The molecule has 1 saturated heterocycles. The van der Waals surface area contributed by atoms with E-state index in [-0.39, 0.29) is 11.5 Å². The molecule has 0 bridgehead atoms. The van der Waals surface area contributed by atoms with Crippen LogP contribution in [0, 0.1) is 0 Å². The van der Waals surface area contributed by atoms with Crippen LogP contribution in [0.4, 0.5) is 5.82 Å². The summed E-state index contributed by atoms with van der Waals surface area (Å²) in [5, 5.41) is 0. The summed E-state index contributed by atoms with van der Waals surface area (Å²) in [5.74, 6) is 1.52. The lowest BCUT2D eigenvalue weighted by molar-refractivity contribution is -0.128. The molecule has 19 heavy (non-hydrogen) atoms. The van der Waals surface area contributed by atoms with Crippen LogP contribution in [0.25, 0.3) is 0 Å². The van der Waals surface area contributed by atoms with Gasteiger partial charge in [-0.05, 0) is 6.42 Å². The van der Waals surface area contributed by atoms with Crippen LogP contribution in [0.2, 0.25) is 0 Å². The predicted octanol–water partition coefficient (Wildman–Crippen LogP) is 0.391. The van der Waals surface area contributed by atoms with E-state index in [9.17, 15) is 9.59 Å². The molecule has 1 fully saturated rings. The molecular weight excluding hydrogens is 244 g/mol. The maximum Gasteiger partial charge on any atom is 0.252 e. The van der Waals surface area contributed by atoms with Crippen LogP contribution in [0.15, 0.2) is 10.9 Å². The molecule has 1 amide bonds. The summed E-state index contributed by atoms with van der Waals surface area (Å²) in [5.41, 5.74) is -0.116. The smallest absolute Gasteiger partial charge is 0.252 e. The number of aromatic nitrogens is 2. The van der Waals surface area contributed by atoms with Gasteiger partial charge in [0.2, 0.25) is 5.91 Å².